The highest BCUT2D eigenvalue weighted by atomic mass is 32.1. The number of hydrogen-bond donors (Lipinski definition) is 1. The molecule has 8 heteroatoms. The molecular weight excluding hydrogens is 344 g/mol. The van der Waals surface area contributed by atoms with Crippen molar-refractivity contribution in [2.24, 2.45) is 0 Å². The Morgan fingerprint density at radius 1 is 1.25 bits per heavy atom. The summed E-state index contributed by atoms with van der Waals surface area (Å²) < 4.78 is 4.11. The van der Waals surface area contributed by atoms with Crippen molar-refractivity contribution in [1.29, 1.82) is 0 Å². The molecule has 24 heavy (non-hydrogen) atoms. The topological polar surface area (TPSA) is 68.4 Å². The van der Waals surface area contributed by atoms with Crippen LogP contribution in [0.4, 0.5) is 0 Å². The lowest BCUT2D eigenvalue weighted by molar-refractivity contribution is -0.122. The van der Waals surface area contributed by atoms with E-state index < -0.39 is 0 Å². The molecule has 0 saturated heterocycles. The van der Waals surface area contributed by atoms with Crippen molar-refractivity contribution in [2.45, 2.75) is 20.0 Å². The van der Waals surface area contributed by atoms with Crippen LogP contribution in [0.25, 0.3) is 15.7 Å². The van der Waals surface area contributed by atoms with Gasteiger partial charge in [0.05, 0.1) is 16.8 Å². The van der Waals surface area contributed by atoms with E-state index in [4.69, 9.17) is 0 Å². The van der Waals surface area contributed by atoms with Crippen LogP contribution in [-0.2, 0) is 17.9 Å². The van der Waals surface area contributed by atoms with Crippen molar-refractivity contribution in [3.63, 3.8) is 0 Å². The van der Waals surface area contributed by atoms with E-state index in [1.54, 1.807) is 22.7 Å². The molecule has 122 valence electrons. The third-order valence-electron chi connectivity index (χ3n) is 3.80. The van der Waals surface area contributed by atoms with Crippen molar-refractivity contribution in [2.75, 3.05) is 0 Å². The zero-order valence-electron chi connectivity index (χ0n) is 12.9. The first-order chi connectivity index (χ1) is 11.6. The Morgan fingerprint density at radius 2 is 2.12 bits per heavy atom. The molecular formula is C16H14N4O2S2. The standard InChI is InChI=1S/C16H14N4O2S2/c1-10-18-19(9-15(21)17-8-11-3-2-5-23-11)16(22)13-7-14-12(20(10)13)4-6-24-14/h2-7H,8-9H2,1H3,(H,17,21). The molecule has 0 aliphatic heterocycles. The first-order valence-corrected chi connectivity index (χ1v) is 9.15. The first-order valence-electron chi connectivity index (χ1n) is 7.39. The van der Waals surface area contributed by atoms with Crippen LogP contribution in [-0.4, -0.2) is 20.1 Å². The predicted octanol–water partition coefficient (Wildman–Crippen LogP) is 2.40. The molecule has 4 rings (SSSR count). The molecule has 0 aliphatic carbocycles. The first kappa shape index (κ1) is 15.1. The zero-order valence-corrected chi connectivity index (χ0v) is 14.5. The number of fused-ring (bicyclic) bond motifs is 3. The molecule has 0 spiro atoms. The number of amides is 1. The maximum atomic E-state index is 12.6. The van der Waals surface area contributed by atoms with E-state index in [-0.39, 0.29) is 18.0 Å². The average Bonchev–Trinajstić information content (AvgIpc) is 3.26. The van der Waals surface area contributed by atoms with Crippen molar-refractivity contribution in [3.05, 3.63) is 56.1 Å². The number of thiophene rings is 2. The number of carbonyl (C=O) groups is 1. The molecule has 0 aliphatic rings. The van der Waals surface area contributed by atoms with Crippen molar-refractivity contribution < 1.29 is 4.79 Å². The summed E-state index contributed by atoms with van der Waals surface area (Å²) in [6, 6.07) is 7.73. The third-order valence-corrected chi connectivity index (χ3v) is 5.53. The molecule has 4 aromatic rings. The second-order valence-electron chi connectivity index (χ2n) is 5.40. The van der Waals surface area contributed by atoms with E-state index >= 15 is 0 Å². The number of nitrogens with one attached hydrogen (secondary N) is 1. The smallest absolute Gasteiger partial charge is 0.291 e. The summed E-state index contributed by atoms with van der Waals surface area (Å²) in [4.78, 5) is 25.8. The Balaban J connectivity index is 1.63. The molecule has 0 saturated carbocycles. The van der Waals surface area contributed by atoms with Gasteiger partial charge in [-0.1, -0.05) is 6.07 Å². The van der Waals surface area contributed by atoms with E-state index in [9.17, 15) is 9.59 Å². The Kier molecular flexibility index (Phi) is 3.70. The van der Waals surface area contributed by atoms with Crippen LogP contribution >= 0.6 is 22.7 Å². The van der Waals surface area contributed by atoms with Gasteiger partial charge < -0.3 is 5.32 Å². The van der Waals surface area contributed by atoms with Gasteiger partial charge in [-0.2, -0.15) is 5.10 Å². The van der Waals surface area contributed by atoms with Gasteiger partial charge in [-0.25, -0.2) is 4.68 Å². The molecule has 0 aromatic carbocycles. The highest BCUT2D eigenvalue weighted by Crippen LogP contribution is 2.24. The average molecular weight is 358 g/mol. The van der Waals surface area contributed by atoms with Gasteiger partial charge in [0.25, 0.3) is 5.56 Å². The SMILES string of the molecule is Cc1nn(CC(=O)NCc2cccs2)c(=O)c2cc3sccc3n12. The highest BCUT2D eigenvalue weighted by Gasteiger charge is 2.14. The minimum absolute atomic E-state index is 0.0830. The van der Waals surface area contributed by atoms with E-state index in [0.29, 0.717) is 17.9 Å². The number of nitrogens with zero attached hydrogens (tertiary/aromatic N) is 3. The summed E-state index contributed by atoms with van der Waals surface area (Å²) in [5, 5.41) is 11.1. The monoisotopic (exact) mass is 358 g/mol. The third kappa shape index (κ3) is 2.53. The van der Waals surface area contributed by atoms with Crippen LogP contribution in [0.2, 0.25) is 0 Å². The lowest BCUT2D eigenvalue weighted by atomic mass is 10.4. The number of carbonyl (C=O) groups excluding carboxylic acids is 1. The largest absolute Gasteiger partial charge is 0.350 e. The van der Waals surface area contributed by atoms with Crippen LogP contribution in [0.5, 0.6) is 0 Å². The molecule has 1 N–H and O–H groups in total. The van der Waals surface area contributed by atoms with Gasteiger partial charge in [-0.3, -0.25) is 14.0 Å². The van der Waals surface area contributed by atoms with Crippen molar-refractivity contribution >= 4 is 44.3 Å². The van der Waals surface area contributed by atoms with Crippen LogP contribution in [0.3, 0.4) is 0 Å². The normalized spacial score (nSPS) is 11.4. The fourth-order valence-corrected chi connectivity index (χ4v) is 4.17. The summed E-state index contributed by atoms with van der Waals surface area (Å²) >= 11 is 3.16. The summed E-state index contributed by atoms with van der Waals surface area (Å²) in [5.41, 5.74) is 1.28. The lowest BCUT2D eigenvalue weighted by Crippen LogP contribution is -2.34. The Morgan fingerprint density at radius 3 is 2.92 bits per heavy atom. The highest BCUT2D eigenvalue weighted by molar-refractivity contribution is 7.17. The molecule has 0 fully saturated rings. The minimum Gasteiger partial charge on any atom is -0.350 e. The summed E-state index contributed by atoms with van der Waals surface area (Å²) in [7, 11) is 0. The zero-order chi connectivity index (χ0) is 16.7. The minimum atomic E-state index is -0.254. The number of rotatable bonds is 4. The van der Waals surface area contributed by atoms with E-state index in [1.165, 1.54) is 4.68 Å². The lowest BCUT2D eigenvalue weighted by Gasteiger charge is -2.08. The second-order valence-corrected chi connectivity index (χ2v) is 7.38. The van der Waals surface area contributed by atoms with E-state index in [2.05, 4.69) is 10.4 Å². The van der Waals surface area contributed by atoms with Crippen LogP contribution in [0.15, 0.2) is 39.8 Å². The summed E-state index contributed by atoms with van der Waals surface area (Å²) in [6.45, 7) is 2.22. The molecule has 1 amide bonds. The van der Waals surface area contributed by atoms with Gasteiger partial charge >= 0.3 is 0 Å². The fraction of sp³-hybridized carbons (Fsp3) is 0.188. The quantitative estimate of drug-likeness (QED) is 0.609. The van der Waals surface area contributed by atoms with Gasteiger partial charge in [0.2, 0.25) is 5.91 Å². The molecule has 0 atom stereocenters. The van der Waals surface area contributed by atoms with Crippen LogP contribution < -0.4 is 10.9 Å². The number of hydrogen-bond acceptors (Lipinski definition) is 5. The van der Waals surface area contributed by atoms with E-state index in [0.717, 1.165) is 15.1 Å². The van der Waals surface area contributed by atoms with Crippen LogP contribution in [0.1, 0.15) is 10.7 Å². The summed E-state index contributed by atoms with van der Waals surface area (Å²) in [6.07, 6.45) is 0. The van der Waals surface area contributed by atoms with Gasteiger partial charge in [0, 0.05) is 4.88 Å². The summed E-state index contributed by atoms with van der Waals surface area (Å²) in [5.74, 6) is 0.458. The maximum Gasteiger partial charge on any atom is 0.291 e. The Labute approximate surface area is 145 Å². The van der Waals surface area contributed by atoms with Gasteiger partial charge in [0.1, 0.15) is 17.9 Å². The molecule has 0 radical (unpaired) electrons. The van der Waals surface area contributed by atoms with Crippen LogP contribution in [0, 0.1) is 6.92 Å². The molecule has 6 nitrogen and oxygen atoms in total. The fourth-order valence-electron chi connectivity index (χ4n) is 2.73. The molecule has 0 bridgehead atoms. The van der Waals surface area contributed by atoms with Crippen molar-refractivity contribution in [3.8, 4) is 0 Å². The van der Waals surface area contributed by atoms with Crippen molar-refractivity contribution in [1.82, 2.24) is 19.5 Å². The predicted molar refractivity (Wildman–Crippen MR) is 95.7 cm³/mol. The number of aryl methyl sites for hydroxylation is 1. The van der Waals surface area contributed by atoms with Gasteiger partial charge in [-0.05, 0) is 35.9 Å². The van der Waals surface area contributed by atoms with E-state index in [1.807, 2.05) is 46.4 Å². The van der Waals surface area contributed by atoms with Gasteiger partial charge in [-0.15, -0.1) is 22.7 Å². The molecule has 4 aromatic heterocycles. The molecule has 4 heterocycles. The van der Waals surface area contributed by atoms with Gasteiger partial charge in [0.15, 0.2) is 0 Å². The maximum absolute atomic E-state index is 12.6. The second kappa shape index (κ2) is 5.88. The Hall–Kier alpha value is -2.45. The number of aromatic nitrogens is 3. The molecule has 0 unspecified atom stereocenters. The Bertz CT molecular complexity index is 1090.